The number of esters is 1. The highest BCUT2D eigenvalue weighted by Gasteiger charge is 2.19. The first-order valence-electron chi connectivity index (χ1n) is 11.3. The number of nitrogens with one attached hydrogen (secondary N) is 1. The Kier molecular flexibility index (Phi) is 9.61. The lowest BCUT2D eigenvalue weighted by atomic mass is 10.1. The van der Waals surface area contributed by atoms with Crippen LogP contribution >= 0.6 is 15.9 Å². The summed E-state index contributed by atoms with van der Waals surface area (Å²) in [5.74, 6) is -0.434. The molecule has 0 bridgehead atoms. The van der Waals surface area contributed by atoms with Crippen LogP contribution in [-0.2, 0) is 4.79 Å². The van der Waals surface area contributed by atoms with Crippen molar-refractivity contribution in [2.45, 2.75) is 6.92 Å². The highest BCUT2D eigenvalue weighted by Crippen LogP contribution is 2.38. The average Bonchev–Trinajstić information content (AvgIpc) is 2.93. The minimum absolute atomic E-state index is 0.0549. The summed E-state index contributed by atoms with van der Waals surface area (Å²) in [6.07, 6.45) is 1.32. The topological polar surface area (TPSA) is 150 Å². The minimum atomic E-state index is -0.770. The Hall–Kier alpha value is -4.89. The molecule has 1 N–H and O–H groups in total. The first-order valence-corrected chi connectivity index (χ1v) is 12.1. The smallest absolute Gasteiger partial charge is 0.343 e. The zero-order valence-electron chi connectivity index (χ0n) is 21.0. The highest BCUT2D eigenvalue weighted by atomic mass is 79.9. The van der Waals surface area contributed by atoms with Gasteiger partial charge in [-0.15, -0.1) is 0 Å². The monoisotopic (exact) mass is 595 g/mol. The third-order valence-electron chi connectivity index (χ3n) is 5.17. The summed E-state index contributed by atoms with van der Waals surface area (Å²) >= 11 is 3.37. The summed E-state index contributed by atoms with van der Waals surface area (Å²) in [4.78, 5) is 36.0. The maximum atomic E-state index is 12.8. The molecule has 200 valence electrons. The van der Waals surface area contributed by atoms with Crippen LogP contribution in [0.25, 0.3) is 6.08 Å². The van der Waals surface area contributed by atoms with Gasteiger partial charge in [-0.1, -0.05) is 0 Å². The Balaban J connectivity index is 1.89. The molecule has 0 aromatic heterocycles. The number of benzene rings is 3. The Morgan fingerprint density at radius 3 is 2.38 bits per heavy atom. The van der Waals surface area contributed by atoms with Gasteiger partial charge in [-0.25, -0.2) is 4.79 Å². The Morgan fingerprint density at radius 2 is 1.79 bits per heavy atom. The molecule has 0 unspecified atom stereocenters. The molecule has 12 heteroatoms. The summed E-state index contributed by atoms with van der Waals surface area (Å²) < 4.78 is 21.8. The fourth-order valence-corrected chi connectivity index (χ4v) is 3.85. The number of nitro benzene ring substituents is 1. The number of nitrogens with zero attached hydrogens (tertiary/aromatic N) is 2. The molecule has 0 aliphatic rings. The van der Waals surface area contributed by atoms with Crippen LogP contribution in [0.4, 0.5) is 11.4 Å². The van der Waals surface area contributed by atoms with E-state index in [4.69, 9.17) is 18.9 Å². The second-order valence-corrected chi connectivity index (χ2v) is 8.50. The predicted molar refractivity (Wildman–Crippen MR) is 145 cm³/mol. The fourth-order valence-electron chi connectivity index (χ4n) is 3.31. The first-order chi connectivity index (χ1) is 18.7. The first kappa shape index (κ1) is 28.7. The molecule has 0 fully saturated rings. The number of halogens is 1. The molecular weight excluding hydrogens is 574 g/mol. The van der Waals surface area contributed by atoms with Crippen LogP contribution in [0.1, 0.15) is 22.8 Å². The van der Waals surface area contributed by atoms with E-state index in [1.165, 1.54) is 38.5 Å². The van der Waals surface area contributed by atoms with Crippen LogP contribution in [0.3, 0.4) is 0 Å². The third kappa shape index (κ3) is 7.12. The molecule has 3 rings (SSSR count). The zero-order valence-corrected chi connectivity index (χ0v) is 22.6. The third-order valence-corrected chi connectivity index (χ3v) is 5.76. The van der Waals surface area contributed by atoms with Gasteiger partial charge in [0.1, 0.15) is 23.1 Å². The number of non-ortho nitro benzene ring substituents is 1. The Labute approximate surface area is 231 Å². The van der Waals surface area contributed by atoms with Gasteiger partial charge in [-0.2, -0.15) is 5.26 Å². The van der Waals surface area contributed by atoms with Crippen molar-refractivity contribution < 1.29 is 33.5 Å². The molecule has 0 atom stereocenters. The number of nitriles is 1. The minimum Gasteiger partial charge on any atom is -0.497 e. The van der Waals surface area contributed by atoms with Crippen molar-refractivity contribution in [1.82, 2.24) is 0 Å². The summed E-state index contributed by atoms with van der Waals surface area (Å²) in [6.45, 7) is 2.00. The van der Waals surface area contributed by atoms with Gasteiger partial charge in [0.25, 0.3) is 11.6 Å². The number of hydrogen-bond donors (Lipinski definition) is 1. The Morgan fingerprint density at radius 1 is 1.08 bits per heavy atom. The highest BCUT2D eigenvalue weighted by molar-refractivity contribution is 9.10. The van der Waals surface area contributed by atoms with Crippen LogP contribution < -0.4 is 24.3 Å². The number of carbonyl (C=O) groups excluding carboxylic acids is 2. The van der Waals surface area contributed by atoms with Crippen LogP contribution in [0.15, 0.2) is 64.6 Å². The molecule has 0 radical (unpaired) electrons. The van der Waals surface area contributed by atoms with E-state index in [1.807, 2.05) is 6.07 Å². The maximum absolute atomic E-state index is 12.8. The van der Waals surface area contributed by atoms with E-state index in [9.17, 15) is 25.0 Å². The molecule has 0 saturated heterocycles. The maximum Gasteiger partial charge on any atom is 0.343 e. The number of hydrogen-bond acceptors (Lipinski definition) is 9. The van der Waals surface area contributed by atoms with Crippen LogP contribution in [0, 0.1) is 21.4 Å². The van der Waals surface area contributed by atoms with Gasteiger partial charge in [-0.05, 0) is 77.0 Å². The molecule has 0 spiro atoms. The number of carbonyl (C=O) groups is 2. The summed E-state index contributed by atoms with van der Waals surface area (Å²) in [5.41, 5.74) is 0.345. The van der Waals surface area contributed by atoms with E-state index in [0.29, 0.717) is 21.3 Å². The molecule has 3 aromatic rings. The van der Waals surface area contributed by atoms with Crippen molar-refractivity contribution in [3.8, 4) is 29.1 Å². The van der Waals surface area contributed by atoms with Gasteiger partial charge < -0.3 is 24.3 Å². The van der Waals surface area contributed by atoms with Crippen molar-refractivity contribution in [2.75, 3.05) is 26.1 Å². The van der Waals surface area contributed by atoms with Gasteiger partial charge in [-0.3, -0.25) is 14.9 Å². The summed E-state index contributed by atoms with van der Waals surface area (Å²) in [7, 11) is 2.81. The van der Waals surface area contributed by atoms with E-state index in [-0.39, 0.29) is 40.8 Å². The molecule has 0 aliphatic carbocycles. The molecular formula is C27H22BrN3O8. The molecule has 11 nitrogen and oxygen atoms in total. The molecule has 1 amide bonds. The van der Waals surface area contributed by atoms with Gasteiger partial charge >= 0.3 is 5.97 Å². The van der Waals surface area contributed by atoms with Crippen LogP contribution in [-0.4, -0.2) is 37.6 Å². The quantitative estimate of drug-likeness (QED) is 0.0795. The average molecular weight is 596 g/mol. The van der Waals surface area contributed by atoms with Crippen molar-refractivity contribution >= 4 is 45.3 Å². The lowest BCUT2D eigenvalue weighted by Gasteiger charge is -2.14. The van der Waals surface area contributed by atoms with Crippen molar-refractivity contribution in [2.24, 2.45) is 0 Å². The standard InChI is InChI=1S/C27H22BrN3O8/c1-4-38-24-13-16(12-21(28)25(24)39-27(33)17-5-8-20(36-2)9-6-17)11-18(15-29)26(32)30-22-10-7-19(31(34)35)14-23(22)37-3/h5-14H,4H2,1-3H3,(H,30,32)/b18-11-. The number of methoxy groups -OCH3 is 2. The SMILES string of the molecule is CCOc1cc(/C=C(/C#N)C(=O)Nc2ccc([N+](=O)[O-])cc2OC)cc(Br)c1OC(=O)c1ccc(OC)cc1. The number of rotatable bonds is 10. The number of nitro groups is 1. The number of amides is 1. The Bertz CT molecular complexity index is 1480. The summed E-state index contributed by atoms with van der Waals surface area (Å²) in [5, 5.41) is 23.2. The van der Waals surface area contributed by atoms with E-state index < -0.39 is 16.8 Å². The van der Waals surface area contributed by atoms with E-state index in [0.717, 1.165) is 6.07 Å². The van der Waals surface area contributed by atoms with Gasteiger partial charge in [0, 0.05) is 6.07 Å². The predicted octanol–water partition coefficient (Wildman–Crippen LogP) is 5.54. The fraction of sp³-hybridized carbons (Fsp3) is 0.148. The van der Waals surface area contributed by atoms with Crippen molar-refractivity contribution in [3.05, 3.63) is 85.9 Å². The van der Waals surface area contributed by atoms with Crippen molar-refractivity contribution in [3.63, 3.8) is 0 Å². The second kappa shape index (κ2) is 13.1. The zero-order chi connectivity index (χ0) is 28.5. The van der Waals surface area contributed by atoms with E-state index >= 15 is 0 Å². The van der Waals surface area contributed by atoms with E-state index in [2.05, 4.69) is 21.2 Å². The normalized spacial score (nSPS) is 10.7. The van der Waals surface area contributed by atoms with Crippen LogP contribution in [0.2, 0.25) is 0 Å². The largest absolute Gasteiger partial charge is 0.497 e. The molecule has 3 aromatic carbocycles. The van der Waals surface area contributed by atoms with Gasteiger partial charge in [0.15, 0.2) is 11.5 Å². The molecule has 39 heavy (non-hydrogen) atoms. The van der Waals surface area contributed by atoms with E-state index in [1.54, 1.807) is 37.3 Å². The van der Waals surface area contributed by atoms with Gasteiger partial charge in [0.05, 0.1) is 47.5 Å². The summed E-state index contributed by atoms with van der Waals surface area (Å²) in [6, 6.07) is 14.9. The number of anilines is 1. The lowest BCUT2D eigenvalue weighted by Crippen LogP contribution is -2.14. The van der Waals surface area contributed by atoms with Crippen molar-refractivity contribution in [1.29, 1.82) is 5.26 Å². The molecule has 0 heterocycles. The van der Waals surface area contributed by atoms with Crippen LogP contribution in [0.5, 0.6) is 23.0 Å². The molecule has 0 saturated carbocycles. The molecule has 0 aliphatic heterocycles. The number of ether oxygens (including phenoxy) is 4. The second-order valence-electron chi connectivity index (χ2n) is 7.65. The lowest BCUT2D eigenvalue weighted by molar-refractivity contribution is -0.384. The van der Waals surface area contributed by atoms with Gasteiger partial charge in [0.2, 0.25) is 0 Å².